The standard InChI is InChI=1S/C14H19N/c1-5-15-9-13(10(2)3)12-7-6-11(4)8-14(12)15/h6-10H,5H2,1-4H3. The Bertz CT molecular complexity index is 477. The van der Waals surface area contributed by atoms with Gasteiger partial charge in [-0.1, -0.05) is 26.0 Å². The number of benzene rings is 1. The van der Waals surface area contributed by atoms with Crippen LogP contribution in [-0.2, 0) is 6.54 Å². The van der Waals surface area contributed by atoms with Crippen LogP contribution in [0.2, 0.25) is 0 Å². The van der Waals surface area contributed by atoms with Crippen LogP contribution in [0.3, 0.4) is 0 Å². The summed E-state index contributed by atoms with van der Waals surface area (Å²) in [7, 11) is 0. The third-order valence-electron chi connectivity index (χ3n) is 3.03. The zero-order valence-corrected chi connectivity index (χ0v) is 10.0. The van der Waals surface area contributed by atoms with Crippen LogP contribution >= 0.6 is 0 Å². The van der Waals surface area contributed by atoms with Crippen LogP contribution in [0.25, 0.3) is 10.9 Å². The first-order valence-corrected chi connectivity index (χ1v) is 5.73. The molecule has 0 N–H and O–H groups in total. The van der Waals surface area contributed by atoms with E-state index < -0.39 is 0 Å². The third kappa shape index (κ3) is 1.67. The van der Waals surface area contributed by atoms with Crippen molar-refractivity contribution in [3.05, 3.63) is 35.5 Å². The fraction of sp³-hybridized carbons (Fsp3) is 0.429. The molecule has 0 saturated heterocycles. The summed E-state index contributed by atoms with van der Waals surface area (Å²) >= 11 is 0. The summed E-state index contributed by atoms with van der Waals surface area (Å²) in [6.07, 6.45) is 2.30. The number of hydrogen-bond donors (Lipinski definition) is 0. The van der Waals surface area contributed by atoms with Crippen LogP contribution in [-0.4, -0.2) is 4.57 Å². The van der Waals surface area contributed by atoms with Gasteiger partial charge in [-0.2, -0.15) is 0 Å². The molecule has 0 atom stereocenters. The molecule has 2 rings (SSSR count). The maximum Gasteiger partial charge on any atom is 0.0485 e. The number of rotatable bonds is 2. The summed E-state index contributed by atoms with van der Waals surface area (Å²) < 4.78 is 2.34. The third-order valence-corrected chi connectivity index (χ3v) is 3.03. The van der Waals surface area contributed by atoms with Gasteiger partial charge in [0.15, 0.2) is 0 Å². The average molecular weight is 201 g/mol. The second-order valence-corrected chi connectivity index (χ2v) is 4.55. The van der Waals surface area contributed by atoms with Crippen molar-refractivity contribution in [3.8, 4) is 0 Å². The van der Waals surface area contributed by atoms with Crippen LogP contribution in [0, 0.1) is 6.92 Å². The van der Waals surface area contributed by atoms with Gasteiger partial charge in [-0.25, -0.2) is 0 Å². The molecule has 1 heterocycles. The predicted octanol–water partition coefficient (Wildman–Crippen LogP) is 4.09. The topological polar surface area (TPSA) is 4.93 Å². The van der Waals surface area contributed by atoms with Gasteiger partial charge in [0.25, 0.3) is 0 Å². The summed E-state index contributed by atoms with van der Waals surface area (Å²) in [6.45, 7) is 9.92. The van der Waals surface area contributed by atoms with E-state index in [9.17, 15) is 0 Å². The number of hydrogen-bond acceptors (Lipinski definition) is 0. The van der Waals surface area contributed by atoms with Gasteiger partial charge >= 0.3 is 0 Å². The second-order valence-electron chi connectivity index (χ2n) is 4.55. The molecule has 80 valence electrons. The van der Waals surface area contributed by atoms with Crippen molar-refractivity contribution in [2.75, 3.05) is 0 Å². The Morgan fingerprint density at radius 3 is 2.60 bits per heavy atom. The minimum atomic E-state index is 0.600. The molecule has 15 heavy (non-hydrogen) atoms. The van der Waals surface area contributed by atoms with Gasteiger partial charge in [0, 0.05) is 23.6 Å². The highest BCUT2D eigenvalue weighted by Gasteiger charge is 2.10. The quantitative estimate of drug-likeness (QED) is 0.689. The lowest BCUT2D eigenvalue weighted by atomic mass is 10.0. The van der Waals surface area contributed by atoms with Gasteiger partial charge in [0.05, 0.1) is 0 Å². The normalized spacial score (nSPS) is 11.5. The van der Waals surface area contributed by atoms with Crippen molar-refractivity contribution in [1.29, 1.82) is 0 Å². The van der Waals surface area contributed by atoms with Crippen molar-refractivity contribution in [2.24, 2.45) is 0 Å². The largest absolute Gasteiger partial charge is 0.347 e. The molecule has 0 unspecified atom stereocenters. The summed E-state index contributed by atoms with van der Waals surface area (Å²) in [5.74, 6) is 0.600. The van der Waals surface area contributed by atoms with Gasteiger partial charge < -0.3 is 4.57 Å². The molecule has 2 aromatic rings. The molecule has 0 aliphatic carbocycles. The van der Waals surface area contributed by atoms with E-state index in [0.717, 1.165) is 6.54 Å². The van der Waals surface area contributed by atoms with E-state index in [1.165, 1.54) is 22.0 Å². The van der Waals surface area contributed by atoms with E-state index in [2.05, 4.69) is 56.7 Å². The minimum Gasteiger partial charge on any atom is -0.347 e. The molecule has 0 spiro atoms. The summed E-state index contributed by atoms with van der Waals surface area (Å²) in [5, 5.41) is 1.41. The maximum absolute atomic E-state index is 2.34. The predicted molar refractivity (Wildman–Crippen MR) is 66.4 cm³/mol. The highest BCUT2D eigenvalue weighted by molar-refractivity contribution is 5.85. The highest BCUT2D eigenvalue weighted by atomic mass is 14.9. The fourth-order valence-electron chi connectivity index (χ4n) is 2.15. The zero-order valence-electron chi connectivity index (χ0n) is 10.0. The highest BCUT2D eigenvalue weighted by Crippen LogP contribution is 2.28. The first-order chi connectivity index (χ1) is 7.13. The Balaban J connectivity index is 2.75. The molecule has 1 nitrogen and oxygen atoms in total. The Kier molecular flexibility index (Phi) is 2.56. The van der Waals surface area contributed by atoms with E-state index in [1.807, 2.05) is 0 Å². The molecule has 0 fully saturated rings. The van der Waals surface area contributed by atoms with Crippen LogP contribution < -0.4 is 0 Å². The van der Waals surface area contributed by atoms with Crippen molar-refractivity contribution in [2.45, 2.75) is 40.2 Å². The first-order valence-electron chi connectivity index (χ1n) is 5.73. The molecule has 1 heteroatoms. The lowest BCUT2D eigenvalue weighted by Gasteiger charge is -2.02. The molecule has 1 aromatic heterocycles. The van der Waals surface area contributed by atoms with Crippen LogP contribution in [0.15, 0.2) is 24.4 Å². The first kappa shape index (κ1) is 10.3. The fourth-order valence-corrected chi connectivity index (χ4v) is 2.15. The van der Waals surface area contributed by atoms with Crippen LogP contribution in [0.1, 0.15) is 37.8 Å². The van der Waals surface area contributed by atoms with Gasteiger partial charge in [-0.3, -0.25) is 0 Å². The molecular weight excluding hydrogens is 182 g/mol. The van der Waals surface area contributed by atoms with Gasteiger partial charge in [-0.05, 0) is 37.0 Å². The average Bonchev–Trinajstić information content (AvgIpc) is 2.55. The SMILES string of the molecule is CCn1cc(C(C)C)c2ccc(C)cc21. The minimum absolute atomic E-state index is 0.600. The number of nitrogens with zero attached hydrogens (tertiary/aromatic N) is 1. The molecule has 0 amide bonds. The van der Waals surface area contributed by atoms with Gasteiger partial charge in [0.2, 0.25) is 0 Å². The number of aromatic nitrogens is 1. The Morgan fingerprint density at radius 2 is 2.00 bits per heavy atom. The maximum atomic E-state index is 2.34. The van der Waals surface area contributed by atoms with Crippen molar-refractivity contribution < 1.29 is 0 Å². The molecule has 1 aromatic carbocycles. The Hall–Kier alpha value is -1.24. The summed E-state index contributed by atoms with van der Waals surface area (Å²) in [6, 6.07) is 6.74. The van der Waals surface area contributed by atoms with E-state index in [0.29, 0.717) is 5.92 Å². The van der Waals surface area contributed by atoms with E-state index in [-0.39, 0.29) is 0 Å². The number of fused-ring (bicyclic) bond motifs is 1. The Morgan fingerprint density at radius 1 is 1.27 bits per heavy atom. The lowest BCUT2D eigenvalue weighted by Crippen LogP contribution is -1.90. The molecule has 0 radical (unpaired) electrons. The monoisotopic (exact) mass is 201 g/mol. The van der Waals surface area contributed by atoms with Crippen molar-refractivity contribution >= 4 is 10.9 Å². The molecular formula is C14H19N. The number of aryl methyl sites for hydroxylation is 2. The van der Waals surface area contributed by atoms with Crippen LogP contribution in [0.5, 0.6) is 0 Å². The molecule has 0 bridgehead atoms. The van der Waals surface area contributed by atoms with Crippen LogP contribution in [0.4, 0.5) is 0 Å². The Labute approximate surface area is 91.7 Å². The lowest BCUT2D eigenvalue weighted by molar-refractivity contribution is 0.780. The smallest absolute Gasteiger partial charge is 0.0485 e. The van der Waals surface area contributed by atoms with E-state index >= 15 is 0 Å². The zero-order chi connectivity index (χ0) is 11.0. The van der Waals surface area contributed by atoms with Gasteiger partial charge in [-0.15, -0.1) is 0 Å². The summed E-state index contributed by atoms with van der Waals surface area (Å²) in [5.41, 5.74) is 4.18. The van der Waals surface area contributed by atoms with Gasteiger partial charge in [0.1, 0.15) is 0 Å². The van der Waals surface area contributed by atoms with E-state index in [4.69, 9.17) is 0 Å². The van der Waals surface area contributed by atoms with Crippen molar-refractivity contribution in [1.82, 2.24) is 4.57 Å². The summed E-state index contributed by atoms with van der Waals surface area (Å²) in [4.78, 5) is 0. The molecule has 0 aliphatic rings. The molecule has 0 aliphatic heterocycles. The van der Waals surface area contributed by atoms with E-state index in [1.54, 1.807) is 0 Å². The van der Waals surface area contributed by atoms with Crippen molar-refractivity contribution in [3.63, 3.8) is 0 Å². The molecule has 0 saturated carbocycles. The second kappa shape index (κ2) is 3.73.